The van der Waals surface area contributed by atoms with Gasteiger partial charge in [-0.25, -0.2) is 0 Å². The predicted molar refractivity (Wildman–Crippen MR) is 109 cm³/mol. The molecule has 2 bridgehead atoms. The molecule has 1 aromatic heterocycles. The molecule has 7 nitrogen and oxygen atoms in total. The van der Waals surface area contributed by atoms with Gasteiger partial charge in [0.15, 0.2) is 0 Å². The SMILES string of the molecule is COCCn1c(C)cc(C)c(C(=O)N2CC3CC(C2)C2CCCC(=O)N2C3)c1=O. The summed E-state index contributed by atoms with van der Waals surface area (Å²) in [5.41, 5.74) is 1.63. The summed E-state index contributed by atoms with van der Waals surface area (Å²) in [6, 6.07) is 2.16. The fraction of sp³-hybridized carbons (Fsp3) is 0.682. The minimum absolute atomic E-state index is 0.163. The highest BCUT2D eigenvalue weighted by atomic mass is 16.5. The van der Waals surface area contributed by atoms with Gasteiger partial charge < -0.3 is 19.1 Å². The molecule has 3 aliphatic heterocycles. The molecule has 29 heavy (non-hydrogen) atoms. The average Bonchev–Trinajstić information content (AvgIpc) is 2.68. The van der Waals surface area contributed by atoms with E-state index >= 15 is 0 Å². The largest absolute Gasteiger partial charge is 0.383 e. The third-order valence-electron chi connectivity index (χ3n) is 6.90. The van der Waals surface area contributed by atoms with E-state index in [2.05, 4.69) is 4.90 Å². The maximum atomic E-state index is 13.4. The molecule has 7 heteroatoms. The van der Waals surface area contributed by atoms with E-state index in [4.69, 9.17) is 4.74 Å². The molecule has 3 unspecified atom stereocenters. The number of aryl methyl sites for hydroxylation is 2. The van der Waals surface area contributed by atoms with Crippen molar-refractivity contribution in [3.63, 3.8) is 0 Å². The lowest BCUT2D eigenvalue weighted by Gasteiger charge is -2.52. The molecule has 0 N–H and O–H groups in total. The van der Waals surface area contributed by atoms with Crippen LogP contribution in [0.1, 0.15) is 47.3 Å². The fourth-order valence-corrected chi connectivity index (χ4v) is 5.58. The number of hydrogen-bond acceptors (Lipinski definition) is 4. The Morgan fingerprint density at radius 2 is 2.00 bits per heavy atom. The Bertz CT molecular complexity index is 878. The van der Waals surface area contributed by atoms with Crippen LogP contribution in [0.25, 0.3) is 0 Å². The number of ether oxygens (including phenoxy) is 1. The van der Waals surface area contributed by atoms with Crippen LogP contribution in [-0.4, -0.2) is 65.6 Å². The van der Waals surface area contributed by atoms with Gasteiger partial charge in [0.05, 0.1) is 6.61 Å². The molecule has 158 valence electrons. The molecule has 3 fully saturated rings. The maximum Gasteiger partial charge on any atom is 0.263 e. The molecule has 0 radical (unpaired) electrons. The van der Waals surface area contributed by atoms with Gasteiger partial charge in [-0.05, 0) is 56.6 Å². The first-order chi connectivity index (χ1) is 13.9. The molecular weight excluding hydrogens is 370 g/mol. The lowest BCUT2D eigenvalue weighted by Crippen LogP contribution is -2.61. The highest BCUT2D eigenvalue weighted by Gasteiger charge is 2.45. The van der Waals surface area contributed by atoms with Crippen molar-refractivity contribution in [1.82, 2.24) is 14.4 Å². The highest BCUT2D eigenvalue weighted by Crippen LogP contribution is 2.38. The summed E-state index contributed by atoms with van der Waals surface area (Å²) >= 11 is 0. The third-order valence-corrected chi connectivity index (χ3v) is 6.90. The number of carbonyl (C=O) groups is 2. The number of fused-ring (bicyclic) bond motifs is 4. The highest BCUT2D eigenvalue weighted by molar-refractivity contribution is 5.95. The van der Waals surface area contributed by atoms with Crippen molar-refractivity contribution < 1.29 is 14.3 Å². The number of methoxy groups -OCH3 is 1. The van der Waals surface area contributed by atoms with E-state index in [-0.39, 0.29) is 29.0 Å². The number of hydrogen-bond donors (Lipinski definition) is 0. The fourth-order valence-electron chi connectivity index (χ4n) is 5.58. The first-order valence-corrected chi connectivity index (χ1v) is 10.7. The van der Waals surface area contributed by atoms with Crippen molar-refractivity contribution in [2.75, 3.05) is 33.4 Å². The van der Waals surface area contributed by atoms with Crippen molar-refractivity contribution >= 4 is 11.8 Å². The number of nitrogens with zero attached hydrogens (tertiary/aromatic N) is 3. The standard InChI is InChI=1S/C22H31N3O4/c1-14-9-15(2)24(7-8-29-3)22(28)20(14)21(27)23-11-16-10-17(13-23)18-5-4-6-19(26)25(18)12-16/h9,16-18H,4-8,10-13H2,1-3H3. The van der Waals surface area contributed by atoms with Crippen LogP contribution >= 0.6 is 0 Å². The van der Waals surface area contributed by atoms with Gasteiger partial charge in [-0.15, -0.1) is 0 Å². The molecule has 0 aliphatic carbocycles. The van der Waals surface area contributed by atoms with Crippen LogP contribution in [0.5, 0.6) is 0 Å². The number of rotatable bonds is 4. The van der Waals surface area contributed by atoms with Gasteiger partial charge in [-0.2, -0.15) is 0 Å². The average molecular weight is 402 g/mol. The van der Waals surface area contributed by atoms with Crippen LogP contribution in [-0.2, 0) is 16.1 Å². The monoisotopic (exact) mass is 401 g/mol. The molecule has 3 atom stereocenters. The van der Waals surface area contributed by atoms with E-state index in [0.29, 0.717) is 44.5 Å². The van der Waals surface area contributed by atoms with Crippen LogP contribution in [0.4, 0.5) is 0 Å². The number of amides is 2. The van der Waals surface area contributed by atoms with Gasteiger partial charge in [0.1, 0.15) is 5.56 Å². The van der Waals surface area contributed by atoms with E-state index < -0.39 is 0 Å². The second-order valence-corrected chi connectivity index (χ2v) is 8.87. The molecule has 0 spiro atoms. The van der Waals surface area contributed by atoms with Crippen molar-refractivity contribution in [3.05, 3.63) is 33.2 Å². The van der Waals surface area contributed by atoms with Crippen LogP contribution in [0.15, 0.2) is 10.9 Å². The first-order valence-electron chi connectivity index (χ1n) is 10.7. The Balaban J connectivity index is 1.60. The van der Waals surface area contributed by atoms with E-state index in [1.807, 2.05) is 24.8 Å². The first kappa shape index (κ1) is 20.1. The van der Waals surface area contributed by atoms with E-state index in [0.717, 1.165) is 37.1 Å². The zero-order valence-electron chi connectivity index (χ0n) is 17.6. The lowest BCUT2D eigenvalue weighted by atomic mass is 9.76. The Labute approximate surface area is 171 Å². The Morgan fingerprint density at radius 1 is 1.21 bits per heavy atom. The zero-order valence-corrected chi connectivity index (χ0v) is 17.6. The molecule has 1 aromatic rings. The van der Waals surface area contributed by atoms with Gasteiger partial charge in [-0.3, -0.25) is 14.4 Å². The van der Waals surface area contributed by atoms with Crippen molar-refractivity contribution in [1.29, 1.82) is 0 Å². The van der Waals surface area contributed by atoms with Gasteiger partial charge in [0.25, 0.3) is 11.5 Å². The Morgan fingerprint density at radius 3 is 2.76 bits per heavy atom. The van der Waals surface area contributed by atoms with Crippen molar-refractivity contribution in [2.45, 2.75) is 52.1 Å². The molecule has 2 amide bonds. The Hall–Kier alpha value is -2.15. The van der Waals surface area contributed by atoms with Crippen LogP contribution in [0.3, 0.4) is 0 Å². The molecule has 0 aromatic carbocycles. The number of aromatic nitrogens is 1. The van der Waals surface area contributed by atoms with Gasteiger partial charge in [0.2, 0.25) is 5.91 Å². The number of carbonyl (C=O) groups excluding carboxylic acids is 2. The van der Waals surface area contributed by atoms with Gasteiger partial charge >= 0.3 is 0 Å². The molecule has 4 rings (SSSR count). The zero-order chi connectivity index (χ0) is 20.7. The minimum Gasteiger partial charge on any atom is -0.383 e. The number of likely N-dealkylation sites (tertiary alicyclic amines) is 1. The maximum absolute atomic E-state index is 13.4. The van der Waals surface area contributed by atoms with Crippen LogP contribution in [0, 0.1) is 25.7 Å². The quantitative estimate of drug-likeness (QED) is 0.768. The summed E-state index contributed by atoms with van der Waals surface area (Å²) in [6.07, 6.45) is 3.69. The number of piperidine rings is 3. The van der Waals surface area contributed by atoms with Gasteiger partial charge in [-0.1, -0.05) is 0 Å². The van der Waals surface area contributed by atoms with Crippen molar-refractivity contribution in [2.24, 2.45) is 11.8 Å². The molecular formula is C22H31N3O4. The topological polar surface area (TPSA) is 71.8 Å². The normalized spacial score (nSPS) is 26.4. The summed E-state index contributed by atoms with van der Waals surface area (Å²) in [5, 5.41) is 0. The predicted octanol–water partition coefficient (Wildman–Crippen LogP) is 1.58. The lowest BCUT2D eigenvalue weighted by molar-refractivity contribution is -0.144. The third kappa shape index (κ3) is 3.61. The second kappa shape index (κ2) is 7.94. The van der Waals surface area contributed by atoms with Crippen molar-refractivity contribution in [3.8, 4) is 0 Å². The summed E-state index contributed by atoms with van der Waals surface area (Å²) < 4.78 is 6.76. The van der Waals surface area contributed by atoms with E-state index in [1.54, 1.807) is 11.7 Å². The minimum atomic E-state index is -0.227. The molecule has 3 aliphatic rings. The number of pyridine rings is 1. The summed E-state index contributed by atoms with van der Waals surface area (Å²) in [4.78, 5) is 42.8. The summed E-state index contributed by atoms with van der Waals surface area (Å²) in [7, 11) is 1.60. The molecule has 4 heterocycles. The van der Waals surface area contributed by atoms with Gasteiger partial charge in [0, 0.05) is 51.4 Å². The van der Waals surface area contributed by atoms with Crippen LogP contribution in [0.2, 0.25) is 0 Å². The molecule has 0 saturated carbocycles. The van der Waals surface area contributed by atoms with E-state index in [9.17, 15) is 14.4 Å². The molecule has 3 saturated heterocycles. The summed E-state index contributed by atoms with van der Waals surface area (Å²) in [6.45, 7) is 6.59. The summed E-state index contributed by atoms with van der Waals surface area (Å²) in [5.74, 6) is 0.727. The van der Waals surface area contributed by atoms with Crippen LogP contribution < -0.4 is 5.56 Å². The smallest absolute Gasteiger partial charge is 0.263 e. The second-order valence-electron chi connectivity index (χ2n) is 8.87. The Kier molecular flexibility index (Phi) is 5.51. The van der Waals surface area contributed by atoms with E-state index in [1.165, 1.54) is 0 Å².